The van der Waals surface area contributed by atoms with Gasteiger partial charge in [-0.15, -0.1) is 0 Å². The van der Waals surface area contributed by atoms with Gasteiger partial charge in [0.2, 0.25) is 0 Å². The molecule has 6 nitrogen and oxygen atoms in total. The smallest absolute Gasteiger partial charge is 0.141 e. The van der Waals surface area contributed by atoms with E-state index in [9.17, 15) is 4.79 Å². The van der Waals surface area contributed by atoms with Gasteiger partial charge in [-0.05, 0) is 62.2 Å². The molecule has 2 saturated heterocycles. The second-order valence-electron chi connectivity index (χ2n) is 9.23. The van der Waals surface area contributed by atoms with Crippen LogP contribution in [-0.2, 0) is 4.79 Å². The van der Waals surface area contributed by atoms with Crippen LogP contribution < -0.4 is 10.2 Å². The largest absolute Gasteiger partial charge is 0.369 e. The molecule has 0 amide bonds. The first-order chi connectivity index (χ1) is 16.0. The van der Waals surface area contributed by atoms with Crippen LogP contribution in [0.2, 0.25) is 5.02 Å². The Kier molecular flexibility index (Phi) is 6.49. The fraction of sp³-hybridized carbons (Fsp3) is 0.440. The Balaban J connectivity index is 1.32. The molecule has 1 N–H and O–H groups in total. The summed E-state index contributed by atoms with van der Waals surface area (Å²) < 4.78 is 3.23. The molecule has 0 bridgehead atoms. The van der Waals surface area contributed by atoms with Crippen molar-refractivity contribution in [3.8, 4) is 0 Å². The number of benzene rings is 2. The molecule has 0 radical (unpaired) electrons. The zero-order chi connectivity index (χ0) is 23.0. The molecule has 5 rings (SSSR count). The lowest BCUT2D eigenvalue weighted by Crippen LogP contribution is -2.56. The van der Waals surface area contributed by atoms with Crippen LogP contribution in [0, 0.1) is 0 Å². The number of aldehydes is 1. The number of carbonyl (C=O) groups is 1. The third kappa shape index (κ3) is 4.56. The summed E-state index contributed by atoms with van der Waals surface area (Å²) in [6.07, 6.45) is 5.07. The van der Waals surface area contributed by atoms with Gasteiger partial charge in [-0.1, -0.05) is 33.6 Å². The van der Waals surface area contributed by atoms with Gasteiger partial charge in [0.25, 0.3) is 0 Å². The number of nitrogens with one attached hydrogen (secondary N) is 1. The molecular weight excluding hydrogens is 502 g/mol. The Bertz CT molecular complexity index is 1150. The van der Waals surface area contributed by atoms with Crippen molar-refractivity contribution in [3.05, 3.63) is 57.8 Å². The van der Waals surface area contributed by atoms with Crippen LogP contribution >= 0.6 is 27.5 Å². The van der Waals surface area contributed by atoms with Crippen molar-refractivity contribution >= 4 is 50.5 Å². The molecule has 2 fully saturated rings. The van der Waals surface area contributed by atoms with Gasteiger partial charge in [-0.3, -0.25) is 4.90 Å². The maximum Gasteiger partial charge on any atom is 0.141 e. The summed E-state index contributed by atoms with van der Waals surface area (Å²) in [5, 5.41) is 4.14. The molecule has 0 spiro atoms. The number of anilines is 1. The molecule has 0 aliphatic carbocycles. The van der Waals surface area contributed by atoms with Crippen molar-refractivity contribution in [3.63, 3.8) is 0 Å². The normalized spacial score (nSPS) is 22.7. The van der Waals surface area contributed by atoms with E-state index >= 15 is 0 Å². The first kappa shape index (κ1) is 22.8. The van der Waals surface area contributed by atoms with E-state index in [4.69, 9.17) is 11.6 Å². The van der Waals surface area contributed by atoms with Gasteiger partial charge < -0.3 is 19.6 Å². The Morgan fingerprint density at radius 1 is 1.21 bits per heavy atom. The van der Waals surface area contributed by atoms with Gasteiger partial charge in [0.15, 0.2) is 0 Å². The van der Waals surface area contributed by atoms with Gasteiger partial charge >= 0.3 is 0 Å². The van der Waals surface area contributed by atoms with Gasteiger partial charge in [0.05, 0.1) is 28.9 Å². The SMILES string of the molecule is CC(c1ccc(Cl)cc1Br)n1cnc2ccc(N3CCN(CC4(C=O)CCCN4)CC3)cc21. The van der Waals surface area contributed by atoms with E-state index in [2.05, 4.69) is 71.8 Å². The lowest BCUT2D eigenvalue weighted by atomic mass is 9.98. The van der Waals surface area contributed by atoms with E-state index in [-0.39, 0.29) is 11.6 Å². The second-order valence-corrected chi connectivity index (χ2v) is 10.5. The minimum Gasteiger partial charge on any atom is -0.369 e. The molecule has 2 atom stereocenters. The lowest BCUT2D eigenvalue weighted by molar-refractivity contribution is -0.113. The topological polar surface area (TPSA) is 53.4 Å². The predicted octanol–water partition coefficient (Wildman–Crippen LogP) is 4.50. The highest BCUT2D eigenvalue weighted by atomic mass is 79.9. The highest BCUT2D eigenvalue weighted by Crippen LogP contribution is 2.32. The summed E-state index contributed by atoms with van der Waals surface area (Å²) in [5.41, 5.74) is 4.16. The van der Waals surface area contributed by atoms with Crippen LogP contribution in [0.4, 0.5) is 5.69 Å². The average molecular weight is 531 g/mol. The highest BCUT2D eigenvalue weighted by molar-refractivity contribution is 9.10. The van der Waals surface area contributed by atoms with Crippen LogP contribution in [0.15, 0.2) is 47.2 Å². The molecule has 33 heavy (non-hydrogen) atoms. The van der Waals surface area contributed by atoms with Crippen LogP contribution in [-0.4, -0.2) is 65.5 Å². The predicted molar refractivity (Wildman–Crippen MR) is 137 cm³/mol. The average Bonchev–Trinajstić information content (AvgIpc) is 3.46. The van der Waals surface area contributed by atoms with Crippen LogP contribution in [0.3, 0.4) is 0 Å². The van der Waals surface area contributed by atoms with Crippen molar-refractivity contribution in [1.29, 1.82) is 0 Å². The number of piperazine rings is 1. The highest BCUT2D eigenvalue weighted by Gasteiger charge is 2.35. The number of aromatic nitrogens is 2. The number of hydrogen-bond acceptors (Lipinski definition) is 5. The standard InChI is InChI=1S/C25H29BrClN5O/c1-18(21-5-3-19(27)13-22(21)26)32-17-28-23-6-4-20(14-24(23)32)31-11-9-30(10-12-31)15-25(16-33)7-2-8-29-25/h3-6,13-14,16-18,29H,2,7-12,15H2,1H3. The maximum absolute atomic E-state index is 11.7. The van der Waals surface area contributed by atoms with E-state index in [0.29, 0.717) is 0 Å². The van der Waals surface area contributed by atoms with Gasteiger partial charge in [0, 0.05) is 47.9 Å². The maximum atomic E-state index is 11.7. The first-order valence-corrected chi connectivity index (χ1v) is 12.8. The fourth-order valence-corrected chi connectivity index (χ4v) is 6.19. The molecule has 3 aromatic rings. The minimum absolute atomic E-state index is 0.118. The van der Waals surface area contributed by atoms with Crippen molar-refractivity contribution < 1.29 is 4.79 Å². The molecule has 2 unspecified atom stereocenters. The molecule has 2 aromatic carbocycles. The fourth-order valence-electron chi connectivity index (χ4n) is 5.18. The van der Waals surface area contributed by atoms with Crippen molar-refractivity contribution in [1.82, 2.24) is 19.8 Å². The summed E-state index contributed by atoms with van der Waals surface area (Å²) in [7, 11) is 0. The second kappa shape index (κ2) is 9.37. The number of imidazole rings is 1. The summed E-state index contributed by atoms with van der Waals surface area (Å²) in [6.45, 7) is 7.76. The van der Waals surface area contributed by atoms with Crippen molar-refractivity contribution in [2.45, 2.75) is 31.3 Å². The number of nitrogens with zero attached hydrogens (tertiary/aromatic N) is 4. The van der Waals surface area contributed by atoms with Gasteiger partial charge in [0.1, 0.15) is 6.29 Å². The Morgan fingerprint density at radius 3 is 2.73 bits per heavy atom. The summed E-state index contributed by atoms with van der Waals surface area (Å²) in [5.74, 6) is 0. The zero-order valence-electron chi connectivity index (χ0n) is 18.8. The molecule has 3 heterocycles. The van der Waals surface area contributed by atoms with E-state index < -0.39 is 0 Å². The van der Waals surface area contributed by atoms with Gasteiger partial charge in [-0.2, -0.15) is 0 Å². The molecule has 2 aliphatic heterocycles. The van der Waals surface area contributed by atoms with E-state index in [1.165, 1.54) is 11.3 Å². The number of halogens is 2. The van der Waals surface area contributed by atoms with Crippen LogP contribution in [0.25, 0.3) is 11.0 Å². The Labute approximate surface area is 208 Å². The minimum atomic E-state index is -0.348. The van der Waals surface area contributed by atoms with Crippen LogP contribution in [0.5, 0.6) is 0 Å². The summed E-state index contributed by atoms with van der Waals surface area (Å²) in [4.78, 5) is 21.2. The third-order valence-electron chi connectivity index (χ3n) is 7.13. The van der Waals surface area contributed by atoms with E-state index in [1.807, 2.05) is 18.5 Å². The molecule has 1 aromatic heterocycles. The number of fused-ring (bicyclic) bond motifs is 1. The quantitative estimate of drug-likeness (QED) is 0.476. The number of rotatable bonds is 6. The number of hydrogen-bond donors (Lipinski definition) is 1. The van der Waals surface area contributed by atoms with Crippen LogP contribution in [0.1, 0.15) is 31.4 Å². The summed E-state index contributed by atoms with van der Waals surface area (Å²) >= 11 is 9.81. The van der Waals surface area contributed by atoms with Gasteiger partial charge in [-0.25, -0.2) is 4.98 Å². The zero-order valence-corrected chi connectivity index (χ0v) is 21.1. The van der Waals surface area contributed by atoms with Crippen molar-refractivity contribution in [2.75, 3.05) is 44.2 Å². The monoisotopic (exact) mass is 529 g/mol. The Morgan fingerprint density at radius 2 is 2.03 bits per heavy atom. The van der Waals surface area contributed by atoms with E-state index in [1.54, 1.807) is 0 Å². The van der Waals surface area contributed by atoms with E-state index in [0.717, 1.165) is 78.9 Å². The molecule has 8 heteroatoms. The first-order valence-electron chi connectivity index (χ1n) is 11.6. The molecule has 174 valence electrons. The van der Waals surface area contributed by atoms with Crippen molar-refractivity contribution in [2.24, 2.45) is 0 Å². The molecule has 0 saturated carbocycles. The number of carbonyl (C=O) groups excluding carboxylic acids is 1. The Hall–Kier alpha value is -1.93. The lowest BCUT2D eigenvalue weighted by Gasteiger charge is -2.39. The molecular formula is C25H29BrClN5O. The third-order valence-corrected chi connectivity index (χ3v) is 8.06. The molecule has 2 aliphatic rings. The summed E-state index contributed by atoms with van der Waals surface area (Å²) in [6, 6.07) is 12.6.